The Hall–Kier alpha value is -5.12. The van der Waals surface area contributed by atoms with Crippen molar-refractivity contribution in [2.24, 2.45) is 0 Å². The molecule has 0 aliphatic rings. The summed E-state index contributed by atoms with van der Waals surface area (Å²) in [5.41, 5.74) is -0.316. The number of fused-ring (bicyclic) bond motifs is 1. The van der Waals surface area contributed by atoms with Gasteiger partial charge < -0.3 is 15.4 Å². The van der Waals surface area contributed by atoms with E-state index < -0.39 is 35.4 Å². The van der Waals surface area contributed by atoms with Crippen molar-refractivity contribution in [3.8, 4) is 16.3 Å². The standard InChI is InChI=1S/C24H16F4N8O3S/c25-15-2-1-13(24(26,27)28)7-16(15)34-21(37)35-22-30-11-19(40-22)17-8-18(14-10-32-36-20(14)33-17)39-23(38)31-9-12-3-5-29-6-4-12/h1-8,10-11H,9H2,(H,31,38)(H,32,33,36)(H2,30,34,35,37). The number of aromatic amines is 1. The van der Waals surface area contributed by atoms with E-state index in [0.29, 0.717) is 39.8 Å². The van der Waals surface area contributed by atoms with Crippen LogP contribution in [0.25, 0.3) is 21.6 Å². The van der Waals surface area contributed by atoms with Crippen LogP contribution in [0.4, 0.5) is 38.0 Å². The first-order chi connectivity index (χ1) is 19.2. The van der Waals surface area contributed by atoms with Crippen molar-refractivity contribution in [3.05, 3.63) is 78.1 Å². The molecule has 5 rings (SSSR count). The number of nitrogens with one attached hydrogen (secondary N) is 4. The number of carbonyl (C=O) groups is 2. The van der Waals surface area contributed by atoms with Crippen LogP contribution in [0.2, 0.25) is 0 Å². The summed E-state index contributed by atoms with van der Waals surface area (Å²) in [6, 6.07) is 5.62. The number of nitrogens with zero attached hydrogens (tertiary/aromatic N) is 4. The maximum Gasteiger partial charge on any atom is 0.416 e. The number of pyridine rings is 2. The Kier molecular flexibility index (Phi) is 7.24. The van der Waals surface area contributed by atoms with E-state index in [2.05, 4.69) is 35.8 Å². The topological polar surface area (TPSA) is 147 Å². The van der Waals surface area contributed by atoms with Crippen LogP contribution in [0, 0.1) is 5.82 Å². The van der Waals surface area contributed by atoms with Crippen molar-refractivity contribution in [3.63, 3.8) is 0 Å². The van der Waals surface area contributed by atoms with Gasteiger partial charge in [0.15, 0.2) is 10.8 Å². The number of hydrogen-bond acceptors (Lipinski definition) is 8. The smallest absolute Gasteiger partial charge is 0.409 e. The van der Waals surface area contributed by atoms with Crippen LogP contribution in [0.5, 0.6) is 5.75 Å². The van der Waals surface area contributed by atoms with Crippen LogP contribution in [-0.2, 0) is 12.7 Å². The molecule has 3 amide bonds. The molecule has 4 N–H and O–H groups in total. The van der Waals surface area contributed by atoms with Crippen molar-refractivity contribution in [1.29, 1.82) is 0 Å². The lowest BCUT2D eigenvalue weighted by Gasteiger charge is -2.11. The number of carbonyl (C=O) groups excluding carboxylic acids is 2. The van der Waals surface area contributed by atoms with E-state index in [0.717, 1.165) is 16.9 Å². The Balaban J connectivity index is 1.29. The Labute approximate surface area is 225 Å². The maximum atomic E-state index is 14.0. The normalized spacial score (nSPS) is 11.3. The number of benzene rings is 1. The second-order valence-corrected chi connectivity index (χ2v) is 9.07. The number of aromatic nitrogens is 5. The highest BCUT2D eigenvalue weighted by atomic mass is 32.1. The van der Waals surface area contributed by atoms with E-state index >= 15 is 0 Å². The number of ether oxygens (including phenoxy) is 1. The summed E-state index contributed by atoms with van der Waals surface area (Å²) in [5, 5.41) is 14.1. The summed E-state index contributed by atoms with van der Waals surface area (Å²) < 4.78 is 58.2. The van der Waals surface area contributed by atoms with Crippen molar-refractivity contribution < 1.29 is 31.9 Å². The number of H-pyrrole nitrogens is 1. The largest absolute Gasteiger partial charge is 0.416 e. The molecule has 0 saturated carbocycles. The first-order valence-corrected chi connectivity index (χ1v) is 12.1. The highest BCUT2D eigenvalue weighted by Crippen LogP contribution is 2.34. The number of hydrogen-bond donors (Lipinski definition) is 4. The Morgan fingerprint density at radius 2 is 1.85 bits per heavy atom. The monoisotopic (exact) mass is 572 g/mol. The highest BCUT2D eigenvalue weighted by molar-refractivity contribution is 7.19. The number of thiazole rings is 1. The van der Waals surface area contributed by atoms with Gasteiger partial charge in [-0.3, -0.25) is 15.4 Å². The molecule has 4 heterocycles. The van der Waals surface area contributed by atoms with Crippen LogP contribution in [-0.4, -0.2) is 37.3 Å². The molecule has 4 aromatic heterocycles. The molecule has 0 spiro atoms. The number of urea groups is 1. The summed E-state index contributed by atoms with van der Waals surface area (Å²) in [4.78, 5) is 37.6. The molecule has 0 radical (unpaired) electrons. The lowest BCUT2D eigenvalue weighted by Crippen LogP contribution is -2.26. The number of halogens is 4. The van der Waals surface area contributed by atoms with Crippen LogP contribution >= 0.6 is 11.3 Å². The Morgan fingerprint density at radius 1 is 1.05 bits per heavy atom. The van der Waals surface area contributed by atoms with Gasteiger partial charge in [-0.25, -0.2) is 23.9 Å². The molecule has 11 nitrogen and oxygen atoms in total. The van der Waals surface area contributed by atoms with Gasteiger partial charge in [0.2, 0.25) is 0 Å². The van der Waals surface area contributed by atoms with Crippen molar-refractivity contribution >= 4 is 45.3 Å². The van der Waals surface area contributed by atoms with E-state index in [1.54, 1.807) is 24.5 Å². The van der Waals surface area contributed by atoms with Crippen LogP contribution in [0.1, 0.15) is 11.1 Å². The predicted molar refractivity (Wildman–Crippen MR) is 136 cm³/mol. The fourth-order valence-corrected chi connectivity index (χ4v) is 4.19. The lowest BCUT2D eigenvalue weighted by atomic mass is 10.2. The number of anilines is 2. The molecule has 5 aromatic rings. The zero-order valence-electron chi connectivity index (χ0n) is 19.9. The quantitative estimate of drug-likeness (QED) is 0.195. The van der Waals surface area contributed by atoms with Crippen molar-refractivity contribution in [2.75, 3.05) is 10.6 Å². The minimum Gasteiger partial charge on any atom is -0.409 e. The minimum atomic E-state index is -4.71. The zero-order chi connectivity index (χ0) is 28.3. The number of alkyl halides is 3. The summed E-state index contributed by atoms with van der Waals surface area (Å²) >= 11 is 0.967. The van der Waals surface area contributed by atoms with Crippen molar-refractivity contribution in [2.45, 2.75) is 12.7 Å². The summed E-state index contributed by atoms with van der Waals surface area (Å²) in [6.07, 6.45) is 0.575. The SMILES string of the molecule is O=C(Nc1ncc(-c2cc(OC(=O)NCc3ccncc3)c3cn[nH]c3n2)s1)Nc1cc(C(F)(F)F)ccc1F. The first-order valence-electron chi connectivity index (χ1n) is 11.3. The van der Waals surface area contributed by atoms with Gasteiger partial charge in [0.1, 0.15) is 11.6 Å². The van der Waals surface area contributed by atoms with Crippen LogP contribution < -0.4 is 20.7 Å². The van der Waals surface area contributed by atoms with Gasteiger partial charge >= 0.3 is 18.3 Å². The van der Waals surface area contributed by atoms with Gasteiger partial charge in [0, 0.05) is 31.2 Å². The van der Waals surface area contributed by atoms with Crippen molar-refractivity contribution in [1.82, 2.24) is 30.5 Å². The fraction of sp³-hybridized carbons (Fsp3) is 0.0833. The molecule has 0 aliphatic heterocycles. The molecular formula is C24H16F4N8O3S. The Bertz CT molecular complexity index is 1690. The molecule has 1 aromatic carbocycles. The van der Waals surface area contributed by atoms with E-state index in [1.165, 1.54) is 18.5 Å². The van der Waals surface area contributed by atoms with E-state index in [9.17, 15) is 27.2 Å². The van der Waals surface area contributed by atoms with Gasteiger partial charge in [0.05, 0.1) is 33.4 Å². The number of amides is 3. The summed E-state index contributed by atoms with van der Waals surface area (Å²) in [7, 11) is 0. The maximum absolute atomic E-state index is 14.0. The third-order valence-electron chi connectivity index (χ3n) is 5.29. The molecule has 0 aliphatic carbocycles. The zero-order valence-corrected chi connectivity index (χ0v) is 20.7. The predicted octanol–water partition coefficient (Wildman–Crippen LogP) is 5.57. The molecule has 0 unspecified atom stereocenters. The molecule has 0 bridgehead atoms. The first kappa shape index (κ1) is 26.5. The molecule has 0 atom stereocenters. The Morgan fingerprint density at radius 3 is 2.62 bits per heavy atom. The van der Waals surface area contributed by atoms with Gasteiger partial charge in [0.25, 0.3) is 0 Å². The van der Waals surface area contributed by atoms with Gasteiger partial charge in [-0.05, 0) is 35.9 Å². The second kappa shape index (κ2) is 10.9. The average molecular weight is 573 g/mol. The van der Waals surface area contributed by atoms with Crippen LogP contribution in [0.15, 0.2) is 61.2 Å². The lowest BCUT2D eigenvalue weighted by molar-refractivity contribution is -0.137. The third kappa shape index (κ3) is 6.12. The summed E-state index contributed by atoms with van der Waals surface area (Å²) in [6.45, 7) is 0.212. The number of rotatable bonds is 6. The highest BCUT2D eigenvalue weighted by Gasteiger charge is 2.31. The fourth-order valence-electron chi connectivity index (χ4n) is 3.42. The van der Waals surface area contributed by atoms with E-state index in [-0.39, 0.29) is 17.4 Å². The average Bonchev–Trinajstić information content (AvgIpc) is 3.58. The minimum absolute atomic E-state index is 0.0453. The van der Waals surface area contributed by atoms with Crippen LogP contribution in [0.3, 0.4) is 0 Å². The molecule has 40 heavy (non-hydrogen) atoms. The van der Waals surface area contributed by atoms with Gasteiger partial charge in [-0.1, -0.05) is 11.3 Å². The summed E-state index contributed by atoms with van der Waals surface area (Å²) in [5.74, 6) is -0.890. The third-order valence-corrected chi connectivity index (χ3v) is 6.23. The second-order valence-electron chi connectivity index (χ2n) is 8.04. The van der Waals surface area contributed by atoms with Gasteiger partial charge in [-0.2, -0.15) is 18.3 Å². The molecule has 0 saturated heterocycles. The van der Waals surface area contributed by atoms with Gasteiger partial charge in [-0.15, -0.1) is 0 Å². The van der Waals surface area contributed by atoms with E-state index in [4.69, 9.17) is 4.74 Å². The molecular weight excluding hydrogens is 556 g/mol. The molecule has 0 fully saturated rings. The molecule has 204 valence electrons. The molecule has 16 heteroatoms. The van der Waals surface area contributed by atoms with E-state index in [1.807, 2.05) is 5.32 Å².